The van der Waals surface area contributed by atoms with E-state index in [4.69, 9.17) is 10.9 Å². The SMILES string of the molecule is Nc1cc(Nc2ccsc2)cc(S(N)(=O)=O)c1. The van der Waals surface area contributed by atoms with Crippen LogP contribution in [0.25, 0.3) is 0 Å². The summed E-state index contributed by atoms with van der Waals surface area (Å²) in [5, 5.41) is 11.9. The van der Waals surface area contributed by atoms with E-state index in [0.29, 0.717) is 11.4 Å². The quantitative estimate of drug-likeness (QED) is 0.739. The molecule has 2 rings (SSSR count). The van der Waals surface area contributed by atoms with Gasteiger partial charge in [0.05, 0.1) is 4.90 Å². The number of nitrogen functional groups attached to an aromatic ring is 1. The predicted octanol–water partition coefficient (Wildman–Crippen LogP) is 1.72. The lowest BCUT2D eigenvalue weighted by Crippen LogP contribution is -2.12. The second kappa shape index (κ2) is 4.36. The molecule has 0 atom stereocenters. The smallest absolute Gasteiger partial charge is 0.238 e. The number of rotatable bonds is 3. The van der Waals surface area contributed by atoms with Gasteiger partial charge < -0.3 is 11.1 Å². The molecule has 0 unspecified atom stereocenters. The molecular formula is C10H11N3O2S2. The van der Waals surface area contributed by atoms with Crippen LogP contribution >= 0.6 is 11.3 Å². The second-order valence-corrected chi connectivity index (χ2v) is 5.81. The van der Waals surface area contributed by atoms with Crippen LogP contribution in [0.5, 0.6) is 0 Å². The van der Waals surface area contributed by atoms with Gasteiger partial charge >= 0.3 is 0 Å². The Labute approximate surface area is 103 Å². The summed E-state index contributed by atoms with van der Waals surface area (Å²) >= 11 is 1.54. The maximum Gasteiger partial charge on any atom is 0.238 e. The van der Waals surface area contributed by atoms with Crippen molar-refractivity contribution < 1.29 is 8.42 Å². The Morgan fingerprint density at radius 3 is 2.53 bits per heavy atom. The molecule has 90 valence electrons. The second-order valence-electron chi connectivity index (χ2n) is 3.47. The van der Waals surface area contributed by atoms with E-state index in [1.807, 2.05) is 16.8 Å². The molecule has 1 heterocycles. The summed E-state index contributed by atoms with van der Waals surface area (Å²) in [6.45, 7) is 0. The molecule has 0 saturated carbocycles. The number of anilines is 3. The fourth-order valence-corrected chi connectivity index (χ4v) is 2.54. The van der Waals surface area contributed by atoms with Crippen LogP contribution in [-0.2, 0) is 10.0 Å². The van der Waals surface area contributed by atoms with Crippen LogP contribution in [0.3, 0.4) is 0 Å². The van der Waals surface area contributed by atoms with Gasteiger partial charge in [0, 0.05) is 22.4 Å². The lowest BCUT2D eigenvalue weighted by atomic mass is 10.3. The molecule has 0 spiro atoms. The van der Waals surface area contributed by atoms with Crippen LogP contribution in [-0.4, -0.2) is 8.42 Å². The standard InChI is InChI=1S/C10H11N3O2S2/c11-7-3-9(13-8-1-2-16-6-8)5-10(4-7)17(12,14)15/h1-6,13H,11H2,(H2,12,14,15). The van der Waals surface area contributed by atoms with Crippen molar-refractivity contribution >= 4 is 38.4 Å². The number of benzene rings is 1. The Morgan fingerprint density at radius 2 is 1.94 bits per heavy atom. The van der Waals surface area contributed by atoms with Crippen molar-refractivity contribution in [1.82, 2.24) is 0 Å². The van der Waals surface area contributed by atoms with Gasteiger partial charge in [0.1, 0.15) is 0 Å². The highest BCUT2D eigenvalue weighted by Gasteiger charge is 2.10. The molecule has 0 bridgehead atoms. The summed E-state index contributed by atoms with van der Waals surface area (Å²) in [5.41, 5.74) is 7.44. The van der Waals surface area contributed by atoms with Crippen LogP contribution in [0.2, 0.25) is 0 Å². The monoisotopic (exact) mass is 269 g/mol. The lowest BCUT2D eigenvalue weighted by molar-refractivity contribution is 0.598. The van der Waals surface area contributed by atoms with E-state index in [0.717, 1.165) is 5.69 Å². The average Bonchev–Trinajstić information content (AvgIpc) is 2.68. The van der Waals surface area contributed by atoms with Gasteiger partial charge in [-0.2, -0.15) is 11.3 Å². The number of thiophene rings is 1. The highest BCUT2D eigenvalue weighted by atomic mass is 32.2. The summed E-state index contributed by atoms with van der Waals surface area (Å²) in [7, 11) is -3.74. The molecule has 0 fully saturated rings. The molecule has 1 aromatic carbocycles. The van der Waals surface area contributed by atoms with Crippen molar-refractivity contribution in [1.29, 1.82) is 0 Å². The van der Waals surface area contributed by atoms with Crippen molar-refractivity contribution in [3.05, 3.63) is 35.0 Å². The molecule has 2 aromatic rings. The normalized spacial score (nSPS) is 11.4. The molecule has 0 saturated heterocycles. The third-order valence-electron chi connectivity index (χ3n) is 2.07. The Hall–Kier alpha value is -1.57. The maximum atomic E-state index is 11.2. The zero-order valence-electron chi connectivity index (χ0n) is 8.75. The fourth-order valence-electron chi connectivity index (χ4n) is 1.36. The molecule has 1 aromatic heterocycles. The first-order valence-corrected chi connectivity index (χ1v) is 7.17. The van der Waals surface area contributed by atoms with Gasteiger partial charge in [-0.05, 0) is 29.6 Å². The number of sulfonamides is 1. The first kappa shape index (κ1) is 11.9. The Balaban J connectivity index is 2.39. The van der Waals surface area contributed by atoms with Crippen molar-refractivity contribution in [3.8, 4) is 0 Å². The molecule has 17 heavy (non-hydrogen) atoms. The van der Waals surface area contributed by atoms with Crippen LogP contribution in [0.1, 0.15) is 0 Å². The maximum absolute atomic E-state index is 11.2. The summed E-state index contributed by atoms with van der Waals surface area (Å²) in [4.78, 5) is -0.00442. The minimum atomic E-state index is -3.74. The third-order valence-corrected chi connectivity index (χ3v) is 3.64. The summed E-state index contributed by atoms with van der Waals surface area (Å²) in [5.74, 6) is 0. The van der Waals surface area contributed by atoms with Gasteiger partial charge in [-0.15, -0.1) is 0 Å². The number of hydrogen-bond donors (Lipinski definition) is 3. The number of primary sulfonamides is 1. The third kappa shape index (κ3) is 2.96. The van der Waals surface area contributed by atoms with Gasteiger partial charge in [0.15, 0.2) is 0 Å². The Morgan fingerprint density at radius 1 is 1.18 bits per heavy atom. The van der Waals surface area contributed by atoms with Crippen molar-refractivity contribution in [3.63, 3.8) is 0 Å². The Kier molecular flexibility index (Phi) is 3.05. The minimum absolute atomic E-state index is 0.00442. The lowest BCUT2D eigenvalue weighted by Gasteiger charge is -2.07. The largest absolute Gasteiger partial charge is 0.399 e. The highest BCUT2D eigenvalue weighted by molar-refractivity contribution is 7.89. The van der Waals surface area contributed by atoms with E-state index in [1.165, 1.54) is 23.5 Å². The van der Waals surface area contributed by atoms with Crippen molar-refractivity contribution in [2.45, 2.75) is 4.90 Å². The molecule has 0 aliphatic heterocycles. The zero-order chi connectivity index (χ0) is 12.5. The van der Waals surface area contributed by atoms with Gasteiger partial charge in [-0.1, -0.05) is 0 Å². The molecule has 0 amide bonds. The van der Waals surface area contributed by atoms with Crippen LogP contribution < -0.4 is 16.2 Å². The Bertz CT molecular complexity index is 621. The molecule has 5 N–H and O–H groups in total. The number of hydrogen-bond acceptors (Lipinski definition) is 5. The number of nitrogens with one attached hydrogen (secondary N) is 1. The van der Waals surface area contributed by atoms with E-state index >= 15 is 0 Å². The van der Waals surface area contributed by atoms with Crippen LogP contribution in [0.4, 0.5) is 17.1 Å². The van der Waals surface area contributed by atoms with E-state index in [9.17, 15) is 8.42 Å². The average molecular weight is 269 g/mol. The van der Waals surface area contributed by atoms with Gasteiger partial charge in [-0.3, -0.25) is 0 Å². The zero-order valence-corrected chi connectivity index (χ0v) is 10.4. The van der Waals surface area contributed by atoms with E-state index in [-0.39, 0.29) is 4.90 Å². The van der Waals surface area contributed by atoms with Gasteiger partial charge in [-0.25, -0.2) is 13.6 Å². The topological polar surface area (TPSA) is 98.2 Å². The molecular weight excluding hydrogens is 258 g/mol. The molecule has 5 nitrogen and oxygen atoms in total. The summed E-state index contributed by atoms with van der Waals surface area (Å²) in [6.07, 6.45) is 0. The van der Waals surface area contributed by atoms with Gasteiger partial charge in [0.25, 0.3) is 0 Å². The summed E-state index contributed by atoms with van der Waals surface area (Å²) in [6, 6.07) is 6.30. The van der Waals surface area contributed by atoms with E-state index in [2.05, 4.69) is 5.32 Å². The highest BCUT2D eigenvalue weighted by Crippen LogP contribution is 2.24. The molecule has 0 radical (unpaired) electrons. The van der Waals surface area contributed by atoms with Gasteiger partial charge in [0.2, 0.25) is 10.0 Å². The fraction of sp³-hybridized carbons (Fsp3) is 0. The predicted molar refractivity (Wildman–Crippen MR) is 69.8 cm³/mol. The molecule has 7 heteroatoms. The van der Waals surface area contributed by atoms with Crippen LogP contribution in [0, 0.1) is 0 Å². The summed E-state index contributed by atoms with van der Waals surface area (Å²) < 4.78 is 22.5. The number of nitrogens with two attached hydrogens (primary N) is 2. The first-order chi connectivity index (χ1) is 7.95. The molecule has 0 aliphatic rings. The van der Waals surface area contributed by atoms with E-state index in [1.54, 1.807) is 6.07 Å². The first-order valence-electron chi connectivity index (χ1n) is 4.68. The molecule has 0 aliphatic carbocycles. The minimum Gasteiger partial charge on any atom is -0.399 e. The van der Waals surface area contributed by atoms with Crippen molar-refractivity contribution in [2.75, 3.05) is 11.1 Å². The van der Waals surface area contributed by atoms with Crippen LogP contribution in [0.15, 0.2) is 39.9 Å². The van der Waals surface area contributed by atoms with Crippen molar-refractivity contribution in [2.24, 2.45) is 5.14 Å². The van der Waals surface area contributed by atoms with E-state index < -0.39 is 10.0 Å².